The van der Waals surface area contributed by atoms with Gasteiger partial charge in [0.05, 0.1) is 28.0 Å². The maximum absolute atomic E-state index is 13.2. The lowest BCUT2D eigenvalue weighted by atomic mass is 9.78. The SMILES string of the molecule is [2H]C([2H])([2H])C(c1cc(-c2nc3c(-c4cc(-c5cc(-c6cccc(C)c6)ccn5)cc(C(C)(C)C)c4)cccc3n2-c2c(C(C)C)cc(-c3ccccc3)cc2C(C)C)c(O)c(C(C([2H])([2H])[2H])(C([2H])([2H])[2H])C([2H])([2H])[2H])c1)(C([2H])([2H])[2H])C([2H])([2H])[2H]. The number of aromatic nitrogens is 3. The van der Waals surface area contributed by atoms with Crippen LogP contribution in [0.25, 0.3) is 72.7 Å². The van der Waals surface area contributed by atoms with Crippen LogP contribution in [-0.2, 0) is 16.2 Å². The number of aryl methyl sites for hydroxylation is 1. The number of benzene rings is 6. The molecule has 0 unspecified atom stereocenters. The standard InChI is InChI=1S/C61H67N3O/c1-37(2)49-32-43(40-21-16-15-17-22-40)33-50(38(3)4)56(49)64-54-25-19-24-48(55(54)63-58(64)51-35-47(60(9,10)11)36-52(57(51)65)61(12,13)14)44-29-45(31-46(30-44)59(6,7)8)53-34-42(26-27-62-53)41-23-18-20-39(5)28-41/h15-38,65H,1-14H3/i9D3,10D3,11D3,12D3,13D3,14D3. The Morgan fingerprint density at radius 1 is 0.554 bits per heavy atom. The Kier molecular flexibility index (Phi) is 7.28. The maximum Gasteiger partial charge on any atom is 0.149 e. The molecule has 65 heavy (non-hydrogen) atoms. The Labute approximate surface area is 413 Å². The Bertz CT molecular complexity index is 3640. The molecule has 332 valence electrons. The van der Waals surface area contributed by atoms with Gasteiger partial charge in [0, 0.05) is 47.6 Å². The van der Waals surface area contributed by atoms with Crippen LogP contribution in [0.5, 0.6) is 5.75 Å². The fraction of sp³-hybridized carbons (Fsp3) is 0.311. The van der Waals surface area contributed by atoms with Gasteiger partial charge < -0.3 is 5.11 Å². The third-order valence-electron chi connectivity index (χ3n) is 12.1. The first kappa shape index (κ1) is 27.9. The molecule has 0 bridgehead atoms. The number of hydrogen-bond acceptors (Lipinski definition) is 3. The van der Waals surface area contributed by atoms with Crippen LogP contribution in [-0.4, -0.2) is 19.6 Å². The van der Waals surface area contributed by atoms with Crippen molar-refractivity contribution in [3.05, 3.63) is 167 Å². The number of phenolic OH excluding ortho intramolecular Hbond substituents is 1. The molecule has 8 aromatic rings. The lowest BCUT2D eigenvalue weighted by molar-refractivity contribution is 0.446. The van der Waals surface area contributed by atoms with Crippen LogP contribution in [0, 0.1) is 6.92 Å². The first-order valence-electron chi connectivity index (χ1n) is 30.9. The van der Waals surface area contributed by atoms with E-state index in [0.29, 0.717) is 45.2 Å². The van der Waals surface area contributed by atoms with Gasteiger partial charge in [0.25, 0.3) is 0 Å². The zero-order valence-electron chi connectivity index (χ0n) is 56.1. The molecule has 4 nitrogen and oxygen atoms in total. The number of fused-ring (bicyclic) bond motifs is 1. The summed E-state index contributed by atoms with van der Waals surface area (Å²) in [7, 11) is 0. The van der Waals surface area contributed by atoms with E-state index in [2.05, 4.69) is 32.9 Å². The average molecular weight is 876 g/mol. The van der Waals surface area contributed by atoms with Crippen LogP contribution in [0.4, 0.5) is 0 Å². The van der Waals surface area contributed by atoms with Crippen molar-refractivity contribution < 1.29 is 29.8 Å². The summed E-state index contributed by atoms with van der Waals surface area (Å²) in [5, 5.41) is 13.2. The summed E-state index contributed by atoms with van der Waals surface area (Å²) >= 11 is 0. The van der Waals surface area contributed by atoms with Gasteiger partial charge in [0.15, 0.2) is 0 Å². The van der Waals surface area contributed by atoms with Crippen molar-refractivity contribution >= 4 is 11.0 Å². The summed E-state index contributed by atoms with van der Waals surface area (Å²) in [4.78, 5) is 10.1. The summed E-state index contributed by atoms with van der Waals surface area (Å²) in [6.07, 6.45) is 1.74. The molecular formula is C61H67N3O. The third-order valence-corrected chi connectivity index (χ3v) is 12.1. The van der Waals surface area contributed by atoms with Crippen LogP contribution < -0.4 is 0 Å². The molecular weight excluding hydrogens is 791 g/mol. The molecule has 2 heterocycles. The smallest absolute Gasteiger partial charge is 0.149 e. The first-order valence-corrected chi connectivity index (χ1v) is 21.9. The molecule has 0 saturated carbocycles. The molecule has 6 aromatic carbocycles. The van der Waals surface area contributed by atoms with Gasteiger partial charge in [-0.15, -0.1) is 0 Å². The molecule has 0 fully saturated rings. The number of imidazole rings is 1. The van der Waals surface area contributed by atoms with Crippen LogP contribution in [0.2, 0.25) is 0 Å². The van der Waals surface area contributed by atoms with Crippen LogP contribution in [0.15, 0.2) is 134 Å². The Hall–Kier alpha value is -6.26. The van der Waals surface area contributed by atoms with Gasteiger partial charge in [-0.2, -0.15) is 0 Å². The van der Waals surface area contributed by atoms with Crippen molar-refractivity contribution in [3.63, 3.8) is 0 Å². The maximum atomic E-state index is 13.2. The molecule has 2 aromatic heterocycles. The first-order chi connectivity index (χ1) is 38.1. The highest BCUT2D eigenvalue weighted by atomic mass is 16.3. The number of phenols is 1. The molecule has 8 rings (SSSR count). The van der Waals surface area contributed by atoms with Gasteiger partial charge in [-0.05, 0) is 134 Å². The van der Waals surface area contributed by atoms with Crippen molar-refractivity contribution in [1.29, 1.82) is 0 Å². The van der Waals surface area contributed by atoms with Crippen molar-refractivity contribution in [2.45, 2.75) is 125 Å². The van der Waals surface area contributed by atoms with Gasteiger partial charge >= 0.3 is 0 Å². The van der Waals surface area contributed by atoms with Crippen molar-refractivity contribution in [3.8, 4) is 67.5 Å². The Morgan fingerprint density at radius 3 is 1.83 bits per heavy atom. The second-order valence-corrected chi connectivity index (χ2v) is 18.9. The summed E-state index contributed by atoms with van der Waals surface area (Å²) < 4.78 is 161. The normalized spacial score (nSPS) is 17.8. The summed E-state index contributed by atoms with van der Waals surface area (Å²) in [6.45, 7) is -8.51. The minimum absolute atomic E-state index is 0.214. The topological polar surface area (TPSA) is 50.9 Å². The van der Waals surface area contributed by atoms with E-state index < -0.39 is 79.8 Å². The fourth-order valence-corrected chi connectivity index (χ4v) is 8.62. The van der Waals surface area contributed by atoms with Crippen LogP contribution in [0.3, 0.4) is 0 Å². The highest BCUT2D eigenvalue weighted by molar-refractivity contribution is 5.97. The van der Waals surface area contributed by atoms with E-state index in [-0.39, 0.29) is 23.2 Å². The van der Waals surface area contributed by atoms with E-state index >= 15 is 0 Å². The summed E-state index contributed by atoms with van der Waals surface area (Å²) in [5.41, 5.74) is -1.55. The third kappa shape index (κ3) is 8.93. The molecule has 0 radical (unpaired) electrons. The number of aromatic hydroxyl groups is 1. The largest absolute Gasteiger partial charge is 0.507 e. The van der Waals surface area contributed by atoms with Crippen LogP contribution in [0.1, 0.15) is 159 Å². The highest BCUT2D eigenvalue weighted by Gasteiger charge is 2.31. The molecule has 0 atom stereocenters. The zero-order chi connectivity index (χ0) is 61.7. The van der Waals surface area contributed by atoms with Gasteiger partial charge in [-0.1, -0.05) is 174 Å². The predicted molar refractivity (Wildman–Crippen MR) is 277 cm³/mol. The number of hydrogen-bond donors (Lipinski definition) is 1. The average Bonchev–Trinajstić information content (AvgIpc) is 1.36. The Balaban J connectivity index is 1.64. The highest BCUT2D eigenvalue weighted by Crippen LogP contribution is 2.47. The number of rotatable bonds is 8. The molecule has 0 aliphatic carbocycles. The molecule has 1 N–H and O–H groups in total. The zero-order valence-corrected chi connectivity index (χ0v) is 38.1. The molecule has 0 saturated heterocycles. The van der Waals surface area contributed by atoms with Gasteiger partial charge in [-0.25, -0.2) is 4.98 Å². The van der Waals surface area contributed by atoms with E-state index in [9.17, 15) is 5.11 Å². The number of pyridine rings is 1. The molecule has 0 aliphatic heterocycles. The second-order valence-electron chi connectivity index (χ2n) is 18.9. The fourth-order valence-electron chi connectivity index (χ4n) is 8.62. The second kappa shape index (κ2) is 16.9. The molecule has 0 amide bonds. The monoisotopic (exact) mass is 876 g/mol. The van der Waals surface area contributed by atoms with Gasteiger partial charge in [0.1, 0.15) is 11.6 Å². The van der Waals surface area contributed by atoms with Crippen molar-refractivity contribution in [2.24, 2.45) is 0 Å². The van der Waals surface area contributed by atoms with Crippen LogP contribution >= 0.6 is 0 Å². The van der Waals surface area contributed by atoms with Crippen molar-refractivity contribution in [2.75, 3.05) is 0 Å². The van der Waals surface area contributed by atoms with Gasteiger partial charge in [-0.3, -0.25) is 9.55 Å². The van der Waals surface area contributed by atoms with E-state index in [1.165, 1.54) is 0 Å². The quantitative estimate of drug-likeness (QED) is 0.165. The number of nitrogens with zero attached hydrogens (tertiary/aromatic N) is 3. The number of para-hydroxylation sites is 1. The summed E-state index contributed by atoms with van der Waals surface area (Å²) in [6, 6.07) is 38.0. The minimum atomic E-state index is -4.13. The molecule has 0 spiro atoms. The molecule has 4 heteroatoms. The van der Waals surface area contributed by atoms with E-state index in [1.807, 2.05) is 126 Å². The van der Waals surface area contributed by atoms with Gasteiger partial charge in [0.2, 0.25) is 0 Å². The minimum Gasteiger partial charge on any atom is -0.507 e. The van der Waals surface area contributed by atoms with E-state index in [4.69, 9.17) is 34.6 Å². The lowest BCUT2D eigenvalue weighted by Crippen LogP contribution is -2.17. The van der Waals surface area contributed by atoms with E-state index in [0.717, 1.165) is 45.0 Å². The summed E-state index contributed by atoms with van der Waals surface area (Å²) in [5.74, 6) is -2.32. The van der Waals surface area contributed by atoms with E-state index in [1.54, 1.807) is 22.9 Å². The molecule has 0 aliphatic rings. The predicted octanol–water partition coefficient (Wildman–Crippen LogP) is 16.9. The Morgan fingerprint density at radius 2 is 1.18 bits per heavy atom. The lowest BCUT2D eigenvalue weighted by Gasteiger charge is -2.28. The van der Waals surface area contributed by atoms with Crippen molar-refractivity contribution in [1.82, 2.24) is 14.5 Å².